The topological polar surface area (TPSA) is 75.5 Å². The molecule has 0 heterocycles. The van der Waals surface area contributed by atoms with Crippen LogP contribution in [0.15, 0.2) is 48.5 Å². The van der Waals surface area contributed by atoms with Gasteiger partial charge >= 0.3 is 0 Å². The third kappa shape index (κ3) is 4.77. The molecule has 2 aromatic rings. The number of nitro benzene ring substituents is 1. The maximum Gasteiger partial charge on any atom is 0.274 e. The number of benzene rings is 2. The van der Waals surface area contributed by atoms with Gasteiger partial charge in [0.15, 0.2) is 0 Å². The Kier molecular flexibility index (Phi) is 6.87. The van der Waals surface area contributed by atoms with Crippen molar-refractivity contribution in [2.45, 2.75) is 37.8 Å². The van der Waals surface area contributed by atoms with Crippen molar-refractivity contribution in [1.82, 2.24) is 10.2 Å². The number of nitrogens with zero attached hydrogens (tertiary/aromatic N) is 2. The number of rotatable bonds is 6. The van der Waals surface area contributed by atoms with Crippen LogP contribution >= 0.6 is 11.6 Å². The van der Waals surface area contributed by atoms with Crippen molar-refractivity contribution in [3.63, 3.8) is 0 Å². The lowest BCUT2D eigenvalue weighted by atomic mass is 9.76. The Morgan fingerprint density at radius 3 is 2.48 bits per heavy atom. The zero-order valence-electron chi connectivity index (χ0n) is 16.7. The van der Waals surface area contributed by atoms with E-state index < -0.39 is 0 Å². The molecule has 3 atom stereocenters. The van der Waals surface area contributed by atoms with E-state index in [1.807, 2.05) is 31.1 Å². The summed E-state index contributed by atoms with van der Waals surface area (Å²) in [5.41, 5.74) is 1.25. The number of halogens is 1. The van der Waals surface area contributed by atoms with Gasteiger partial charge in [0.05, 0.1) is 15.5 Å². The van der Waals surface area contributed by atoms with Crippen LogP contribution in [0.1, 0.15) is 47.6 Å². The van der Waals surface area contributed by atoms with Crippen molar-refractivity contribution < 1.29 is 9.72 Å². The molecule has 1 aliphatic carbocycles. The summed E-state index contributed by atoms with van der Waals surface area (Å²) in [6.07, 6.45) is 3.78. The lowest BCUT2D eigenvalue weighted by molar-refractivity contribution is -0.386. The van der Waals surface area contributed by atoms with Crippen molar-refractivity contribution in [1.29, 1.82) is 0 Å². The van der Waals surface area contributed by atoms with Crippen LogP contribution in [0.4, 0.5) is 5.69 Å². The van der Waals surface area contributed by atoms with Crippen LogP contribution in [0, 0.1) is 16.0 Å². The standard InChI is InChI=1S/C22H26ClN3O3/c1-25(2)21(17-11-5-8-14-20(17)26(28)29)16-10-4-7-13-19(16)24-22(27)15-9-3-6-12-18(15)23/h3,5-6,8-9,11-12,14,16,19,21H,4,7,10,13H2,1-2H3,(H,24,27)/t16-,19-,21?/m1/s1. The van der Waals surface area contributed by atoms with Gasteiger partial charge in [-0.2, -0.15) is 0 Å². The average molecular weight is 416 g/mol. The molecule has 6 nitrogen and oxygen atoms in total. The van der Waals surface area contributed by atoms with E-state index in [0.29, 0.717) is 16.1 Å². The molecule has 1 N–H and O–H groups in total. The molecule has 1 fully saturated rings. The van der Waals surface area contributed by atoms with E-state index in [2.05, 4.69) is 5.32 Å². The maximum absolute atomic E-state index is 12.9. The molecule has 1 unspecified atom stereocenters. The molecule has 1 saturated carbocycles. The highest BCUT2D eigenvalue weighted by molar-refractivity contribution is 6.33. The van der Waals surface area contributed by atoms with Gasteiger partial charge < -0.3 is 10.2 Å². The summed E-state index contributed by atoms with van der Waals surface area (Å²) in [5, 5.41) is 15.2. The maximum atomic E-state index is 12.9. The molecule has 29 heavy (non-hydrogen) atoms. The van der Waals surface area contributed by atoms with Crippen LogP contribution < -0.4 is 5.32 Å². The lowest BCUT2D eigenvalue weighted by Crippen LogP contribution is -2.47. The highest BCUT2D eigenvalue weighted by atomic mass is 35.5. The fraction of sp³-hybridized carbons (Fsp3) is 0.409. The minimum Gasteiger partial charge on any atom is -0.349 e. The number of nitrogens with one attached hydrogen (secondary N) is 1. The molecule has 0 aromatic heterocycles. The molecule has 1 aliphatic rings. The van der Waals surface area contributed by atoms with Crippen LogP contribution in [0.3, 0.4) is 0 Å². The molecule has 2 aromatic carbocycles. The predicted molar refractivity (Wildman–Crippen MR) is 114 cm³/mol. The first-order valence-corrected chi connectivity index (χ1v) is 10.2. The fourth-order valence-corrected chi connectivity index (χ4v) is 4.63. The Hall–Kier alpha value is -2.44. The number of amides is 1. The Labute approximate surface area is 176 Å². The first-order valence-electron chi connectivity index (χ1n) is 9.85. The molecule has 3 rings (SSSR count). The summed E-state index contributed by atoms with van der Waals surface area (Å²) in [6, 6.07) is 13.6. The minimum absolute atomic E-state index is 0.0614. The van der Waals surface area contributed by atoms with Crippen molar-refractivity contribution in [2.75, 3.05) is 14.1 Å². The third-order valence-corrected chi connectivity index (χ3v) is 6.00. The van der Waals surface area contributed by atoms with Crippen LogP contribution in [0.25, 0.3) is 0 Å². The summed E-state index contributed by atoms with van der Waals surface area (Å²) in [5.74, 6) is -0.140. The molecule has 1 amide bonds. The Morgan fingerprint density at radius 2 is 1.79 bits per heavy atom. The second kappa shape index (κ2) is 9.37. The van der Waals surface area contributed by atoms with Gasteiger partial charge in [0.1, 0.15) is 0 Å². The Morgan fingerprint density at radius 1 is 1.14 bits per heavy atom. The normalized spacial score (nSPS) is 20.3. The number of carbonyl (C=O) groups is 1. The molecular formula is C22H26ClN3O3. The van der Waals surface area contributed by atoms with Crippen molar-refractivity contribution in [3.8, 4) is 0 Å². The van der Waals surface area contributed by atoms with Gasteiger partial charge in [-0.15, -0.1) is 0 Å². The highest BCUT2D eigenvalue weighted by Crippen LogP contribution is 2.40. The van der Waals surface area contributed by atoms with E-state index in [9.17, 15) is 14.9 Å². The Balaban J connectivity index is 1.92. The van der Waals surface area contributed by atoms with E-state index in [4.69, 9.17) is 11.6 Å². The van der Waals surface area contributed by atoms with Gasteiger partial charge in [-0.25, -0.2) is 0 Å². The molecule has 7 heteroatoms. The van der Waals surface area contributed by atoms with E-state index in [1.54, 1.807) is 36.4 Å². The second-order valence-electron chi connectivity index (χ2n) is 7.73. The summed E-state index contributed by atoms with van der Waals surface area (Å²) < 4.78 is 0. The largest absolute Gasteiger partial charge is 0.349 e. The highest BCUT2D eigenvalue weighted by Gasteiger charge is 2.37. The van der Waals surface area contributed by atoms with Gasteiger partial charge in [-0.1, -0.05) is 54.8 Å². The number of nitro groups is 1. The quantitative estimate of drug-likeness (QED) is 0.541. The molecule has 154 valence electrons. The van der Waals surface area contributed by atoms with Gasteiger partial charge in [-0.3, -0.25) is 14.9 Å². The van der Waals surface area contributed by atoms with E-state index >= 15 is 0 Å². The van der Waals surface area contributed by atoms with Crippen LogP contribution in [0.2, 0.25) is 5.02 Å². The third-order valence-electron chi connectivity index (χ3n) is 5.67. The molecule has 0 saturated heterocycles. The lowest BCUT2D eigenvalue weighted by Gasteiger charge is -2.40. The first kappa shape index (κ1) is 21.3. The minimum atomic E-state index is -0.327. The number of hydrogen-bond acceptors (Lipinski definition) is 4. The SMILES string of the molecule is CN(C)C(c1ccccc1[N+](=O)[O-])[C@@H]1CCCC[C@H]1NC(=O)c1ccccc1Cl. The zero-order valence-corrected chi connectivity index (χ0v) is 17.4. The van der Waals surface area contributed by atoms with Crippen LogP contribution in [-0.2, 0) is 0 Å². The molecule has 0 radical (unpaired) electrons. The van der Waals surface area contributed by atoms with Gasteiger partial charge in [0.25, 0.3) is 11.6 Å². The predicted octanol–water partition coefficient (Wildman–Crippen LogP) is 4.84. The Bertz CT molecular complexity index is 887. The number of para-hydroxylation sites is 1. The van der Waals surface area contributed by atoms with Gasteiger partial charge in [-0.05, 0) is 45.0 Å². The fourth-order valence-electron chi connectivity index (χ4n) is 4.40. The number of hydrogen-bond donors (Lipinski definition) is 1. The van der Waals surface area contributed by atoms with Gasteiger partial charge in [0, 0.05) is 23.7 Å². The monoisotopic (exact) mass is 415 g/mol. The van der Waals surface area contributed by atoms with Crippen LogP contribution in [-0.4, -0.2) is 35.9 Å². The molecular weight excluding hydrogens is 390 g/mol. The summed E-state index contributed by atoms with van der Waals surface area (Å²) in [6.45, 7) is 0. The molecule has 0 bridgehead atoms. The van der Waals surface area contributed by atoms with E-state index in [0.717, 1.165) is 25.7 Å². The van der Waals surface area contributed by atoms with Gasteiger partial charge in [0.2, 0.25) is 0 Å². The summed E-state index contributed by atoms with van der Waals surface area (Å²) >= 11 is 6.19. The smallest absolute Gasteiger partial charge is 0.274 e. The van der Waals surface area contributed by atoms with Crippen molar-refractivity contribution in [3.05, 3.63) is 74.8 Å². The van der Waals surface area contributed by atoms with Crippen molar-refractivity contribution >= 4 is 23.2 Å². The molecule has 0 aliphatic heterocycles. The first-order chi connectivity index (χ1) is 13.9. The van der Waals surface area contributed by atoms with Crippen LogP contribution in [0.5, 0.6) is 0 Å². The zero-order chi connectivity index (χ0) is 21.0. The molecule has 0 spiro atoms. The summed E-state index contributed by atoms with van der Waals surface area (Å²) in [4.78, 5) is 26.2. The van der Waals surface area contributed by atoms with E-state index in [1.165, 1.54) is 0 Å². The number of carbonyl (C=O) groups excluding carboxylic acids is 1. The van der Waals surface area contributed by atoms with E-state index in [-0.39, 0.29) is 34.5 Å². The summed E-state index contributed by atoms with van der Waals surface area (Å²) in [7, 11) is 3.87. The second-order valence-corrected chi connectivity index (χ2v) is 8.14. The average Bonchev–Trinajstić information content (AvgIpc) is 2.69. The van der Waals surface area contributed by atoms with Crippen molar-refractivity contribution in [2.24, 2.45) is 5.92 Å².